The molecule has 108 valence electrons. The van der Waals surface area contributed by atoms with Crippen LogP contribution in [0.5, 0.6) is 0 Å². The van der Waals surface area contributed by atoms with Crippen LogP contribution >= 0.6 is 0 Å². The zero-order chi connectivity index (χ0) is 15.0. The van der Waals surface area contributed by atoms with Crippen LogP contribution in [0.3, 0.4) is 0 Å². The molecule has 1 saturated carbocycles. The lowest BCUT2D eigenvalue weighted by Crippen LogP contribution is -2.14. The van der Waals surface area contributed by atoms with E-state index in [2.05, 4.69) is 15.5 Å². The maximum absolute atomic E-state index is 12.2. The second-order valence-electron chi connectivity index (χ2n) is 5.27. The van der Waals surface area contributed by atoms with Crippen LogP contribution in [-0.2, 0) is 0 Å². The highest BCUT2D eigenvalue weighted by Crippen LogP contribution is 2.39. The van der Waals surface area contributed by atoms with Crippen molar-refractivity contribution in [3.05, 3.63) is 46.8 Å². The van der Waals surface area contributed by atoms with Crippen LogP contribution in [-0.4, -0.2) is 27.2 Å². The second kappa shape index (κ2) is 5.05. The van der Waals surface area contributed by atoms with E-state index in [-0.39, 0.29) is 11.5 Å². The predicted molar refractivity (Wildman–Crippen MR) is 76.7 cm³/mol. The van der Waals surface area contributed by atoms with Gasteiger partial charge in [-0.15, -0.1) is 0 Å². The van der Waals surface area contributed by atoms with Gasteiger partial charge in [0, 0.05) is 17.3 Å². The van der Waals surface area contributed by atoms with Crippen LogP contribution in [0.1, 0.15) is 50.9 Å². The Morgan fingerprint density at radius 3 is 2.76 bits per heavy atom. The fourth-order valence-electron chi connectivity index (χ4n) is 2.13. The number of nitrogens with zero attached hydrogens (tertiary/aromatic N) is 1. The number of carboxylic acid groups (broad SMARTS) is 1. The molecule has 1 heterocycles. The lowest BCUT2D eigenvalue weighted by Gasteiger charge is -2.08. The summed E-state index contributed by atoms with van der Waals surface area (Å²) in [4.78, 5) is 23.1. The number of carboxylic acids is 1. The smallest absolute Gasteiger partial charge is 0.335 e. The molecule has 0 spiro atoms. The lowest BCUT2D eigenvalue weighted by molar-refractivity contribution is 0.0696. The molecule has 1 fully saturated rings. The average molecular weight is 285 g/mol. The Morgan fingerprint density at radius 2 is 2.10 bits per heavy atom. The molecule has 1 aromatic carbocycles. The fourth-order valence-corrected chi connectivity index (χ4v) is 2.13. The van der Waals surface area contributed by atoms with E-state index in [4.69, 9.17) is 5.11 Å². The molecule has 0 unspecified atom stereocenters. The molecule has 0 aliphatic heterocycles. The number of aromatic amines is 1. The quantitative estimate of drug-likeness (QED) is 0.804. The number of aromatic nitrogens is 2. The summed E-state index contributed by atoms with van der Waals surface area (Å²) in [5.74, 6) is -0.874. The summed E-state index contributed by atoms with van der Waals surface area (Å²) in [6.45, 7) is 1.81. The standard InChI is InChI=1S/C15H15N3O3/c1-8-2-3-10(15(20)21)6-11(8)16-14(19)13-7-12(17-18-13)9-4-5-9/h2-3,6-7,9H,4-5H2,1H3,(H,16,19)(H,17,18)(H,20,21). The van der Waals surface area contributed by atoms with Crippen LogP contribution in [0.4, 0.5) is 5.69 Å². The summed E-state index contributed by atoms with van der Waals surface area (Å²) in [6, 6.07) is 6.37. The van der Waals surface area contributed by atoms with Gasteiger partial charge in [-0.2, -0.15) is 5.10 Å². The van der Waals surface area contributed by atoms with Crippen molar-refractivity contribution in [3.63, 3.8) is 0 Å². The number of hydrogen-bond acceptors (Lipinski definition) is 3. The summed E-state index contributed by atoms with van der Waals surface area (Å²) in [5, 5.41) is 18.6. The largest absolute Gasteiger partial charge is 0.478 e. The molecule has 3 rings (SSSR count). The van der Waals surface area contributed by atoms with E-state index in [1.165, 1.54) is 12.1 Å². The molecule has 0 bridgehead atoms. The summed E-state index contributed by atoms with van der Waals surface area (Å²) in [7, 11) is 0. The van der Waals surface area contributed by atoms with Gasteiger partial charge in [0.1, 0.15) is 0 Å². The molecule has 6 nitrogen and oxygen atoms in total. The number of anilines is 1. The third kappa shape index (κ3) is 2.79. The molecule has 1 amide bonds. The van der Waals surface area contributed by atoms with Gasteiger partial charge in [-0.25, -0.2) is 4.79 Å². The van der Waals surface area contributed by atoms with Crippen molar-refractivity contribution in [1.29, 1.82) is 0 Å². The van der Waals surface area contributed by atoms with Crippen molar-refractivity contribution >= 4 is 17.6 Å². The number of nitrogens with one attached hydrogen (secondary N) is 2. The molecule has 0 saturated heterocycles. The monoisotopic (exact) mass is 285 g/mol. The Bertz CT molecular complexity index is 717. The van der Waals surface area contributed by atoms with E-state index in [0.29, 0.717) is 17.3 Å². The Morgan fingerprint density at radius 1 is 1.33 bits per heavy atom. The number of hydrogen-bond donors (Lipinski definition) is 3. The maximum Gasteiger partial charge on any atom is 0.335 e. The number of aromatic carboxylic acids is 1. The number of carbonyl (C=O) groups excluding carboxylic acids is 1. The first-order valence-electron chi connectivity index (χ1n) is 6.75. The first-order valence-corrected chi connectivity index (χ1v) is 6.75. The zero-order valence-electron chi connectivity index (χ0n) is 11.5. The van der Waals surface area contributed by atoms with Crippen molar-refractivity contribution in [2.75, 3.05) is 5.32 Å². The first kappa shape index (κ1) is 13.4. The van der Waals surface area contributed by atoms with Gasteiger partial charge in [-0.05, 0) is 43.5 Å². The van der Waals surface area contributed by atoms with E-state index in [1.54, 1.807) is 19.1 Å². The van der Waals surface area contributed by atoms with Crippen molar-refractivity contribution in [2.24, 2.45) is 0 Å². The van der Waals surface area contributed by atoms with E-state index in [0.717, 1.165) is 24.1 Å². The van der Waals surface area contributed by atoms with Gasteiger partial charge < -0.3 is 10.4 Å². The fraction of sp³-hybridized carbons (Fsp3) is 0.267. The summed E-state index contributed by atoms with van der Waals surface area (Å²) < 4.78 is 0. The van der Waals surface area contributed by atoms with Gasteiger partial charge in [0.15, 0.2) is 5.69 Å². The molecule has 6 heteroatoms. The van der Waals surface area contributed by atoms with Crippen LogP contribution in [0.2, 0.25) is 0 Å². The van der Waals surface area contributed by atoms with Crippen molar-refractivity contribution in [3.8, 4) is 0 Å². The Kier molecular flexibility index (Phi) is 3.21. The molecule has 1 aliphatic rings. The number of amides is 1. The summed E-state index contributed by atoms with van der Waals surface area (Å²) in [6.07, 6.45) is 2.26. The third-order valence-electron chi connectivity index (χ3n) is 3.58. The van der Waals surface area contributed by atoms with Crippen molar-refractivity contribution in [1.82, 2.24) is 10.2 Å². The summed E-state index contributed by atoms with van der Waals surface area (Å²) in [5.41, 5.74) is 2.71. The minimum atomic E-state index is -1.03. The van der Waals surface area contributed by atoms with E-state index in [1.807, 2.05) is 0 Å². The van der Waals surface area contributed by atoms with Gasteiger partial charge in [-0.1, -0.05) is 6.07 Å². The number of aryl methyl sites for hydroxylation is 1. The molecule has 1 aliphatic carbocycles. The third-order valence-corrected chi connectivity index (χ3v) is 3.58. The molecule has 2 aromatic rings. The number of benzene rings is 1. The van der Waals surface area contributed by atoms with E-state index >= 15 is 0 Å². The van der Waals surface area contributed by atoms with Gasteiger partial charge in [0.2, 0.25) is 0 Å². The highest BCUT2D eigenvalue weighted by molar-refractivity contribution is 6.04. The van der Waals surface area contributed by atoms with Crippen LogP contribution in [0, 0.1) is 6.92 Å². The first-order chi connectivity index (χ1) is 10.0. The Balaban J connectivity index is 1.79. The molecular weight excluding hydrogens is 270 g/mol. The second-order valence-corrected chi connectivity index (χ2v) is 5.27. The van der Waals surface area contributed by atoms with E-state index < -0.39 is 5.97 Å². The number of carbonyl (C=O) groups is 2. The zero-order valence-corrected chi connectivity index (χ0v) is 11.5. The van der Waals surface area contributed by atoms with Crippen LogP contribution in [0.15, 0.2) is 24.3 Å². The molecule has 21 heavy (non-hydrogen) atoms. The van der Waals surface area contributed by atoms with Gasteiger partial charge in [0.05, 0.1) is 5.56 Å². The highest BCUT2D eigenvalue weighted by atomic mass is 16.4. The summed E-state index contributed by atoms with van der Waals surface area (Å²) >= 11 is 0. The average Bonchev–Trinajstić information content (AvgIpc) is 3.18. The Labute approximate surface area is 121 Å². The maximum atomic E-state index is 12.2. The van der Waals surface area contributed by atoms with Crippen molar-refractivity contribution in [2.45, 2.75) is 25.7 Å². The molecule has 1 aromatic heterocycles. The number of rotatable bonds is 4. The van der Waals surface area contributed by atoms with Crippen LogP contribution in [0.25, 0.3) is 0 Å². The normalized spacial score (nSPS) is 14.0. The number of H-pyrrole nitrogens is 1. The Hall–Kier alpha value is -2.63. The van der Waals surface area contributed by atoms with Crippen LogP contribution < -0.4 is 5.32 Å². The van der Waals surface area contributed by atoms with Gasteiger partial charge >= 0.3 is 5.97 Å². The highest BCUT2D eigenvalue weighted by Gasteiger charge is 2.26. The molecule has 3 N–H and O–H groups in total. The topological polar surface area (TPSA) is 95.1 Å². The van der Waals surface area contributed by atoms with Gasteiger partial charge in [0.25, 0.3) is 5.91 Å². The molecular formula is C15H15N3O3. The van der Waals surface area contributed by atoms with Gasteiger partial charge in [-0.3, -0.25) is 9.89 Å². The molecule has 0 atom stereocenters. The lowest BCUT2D eigenvalue weighted by atomic mass is 10.1. The molecule has 0 radical (unpaired) electrons. The van der Waals surface area contributed by atoms with Crippen molar-refractivity contribution < 1.29 is 14.7 Å². The minimum Gasteiger partial charge on any atom is -0.478 e. The predicted octanol–water partition coefficient (Wildman–Crippen LogP) is 2.55. The van der Waals surface area contributed by atoms with E-state index in [9.17, 15) is 9.59 Å². The minimum absolute atomic E-state index is 0.136. The SMILES string of the molecule is Cc1ccc(C(=O)O)cc1NC(=O)c1cc(C2CC2)[nH]n1.